The molecule has 1 N–H and O–H groups in total. The van der Waals surface area contributed by atoms with Gasteiger partial charge in [-0.3, -0.25) is 9.69 Å². The van der Waals surface area contributed by atoms with E-state index in [0.29, 0.717) is 28.7 Å². The molecule has 0 bridgehead atoms. The van der Waals surface area contributed by atoms with Crippen LogP contribution < -0.4 is 0 Å². The van der Waals surface area contributed by atoms with E-state index in [0.717, 1.165) is 0 Å². The van der Waals surface area contributed by atoms with Crippen LogP contribution in [0.2, 0.25) is 0 Å². The van der Waals surface area contributed by atoms with Crippen molar-refractivity contribution in [3.8, 4) is 12.3 Å². The second-order valence-corrected chi connectivity index (χ2v) is 6.71. The molecule has 0 aromatic carbocycles. The minimum absolute atomic E-state index is 0.0425. The Hall–Kier alpha value is -1.99. The number of hydrogen-bond acceptors (Lipinski definition) is 7. The van der Waals surface area contributed by atoms with Crippen molar-refractivity contribution in [1.82, 2.24) is 25.1 Å². The van der Waals surface area contributed by atoms with E-state index in [4.69, 9.17) is 6.42 Å². The highest BCUT2D eigenvalue weighted by Crippen LogP contribution is 2.40. The number of hydrogen-bond donors (Lipinski definition) is 1. The van der Waals surface area contributed by atoms with E-state index >= 15 is 0 Å². The molecule has 22 heavy (non-hydrogen) atoms. The zero-order valence-corrected chi connectivity index (χ0v) is 12.9. The molecule has 1 saturated heterocycles. The predicted molar refractivity (Wildman–Crippen MR) is 79.7 cm³/mol. The zero-order chi connectivity index (χ0) is 15.7. The highest BCUT2D eigenvalue weighted by atomic mass is 32.2. The molecule has 1 amide bonds. The van der Waals surface area contributed by atoms with Gasteiger partial charge in [-0.15, -0.1) is 23.3 Å². The van der Waals surface area contributed by atoms with E-state index in [1.807, 2.05) is 0 Å². The number of carboxylic acid groups (broad SMARTS) is 1. The van der Waals surface area contributed by atoms with Gasteiger partial charge >= 0.3 is 5.97 Å². The molecule has 2 aliphatic heterocycles. The average Bonchev–Trinajstić information content (AvgIpc) is 2.91. The summed E-state index contributed by atoms with van der Waals surface area (Å²) in [6, 6.07) is 0. The number of nitrogens with zero attached hydrogens (tertiary/aromatic N) is 5. The minimum atomic E-state index is -1.07. The van der Waals surface area contributed by atoms with E-state index in [2.05, 4.69) is 21.4 Å². The fourth-order valence-corrected chi connectivity index (χ4v) is 4.51. The Kier molecular flexibility index (Phi) is 4.08. The molecule has 0 radical (unpaired) electrons. The molecule has 0 spiro atoms. The van der Waals surface area contributed by atoms with Crippen LogP contribution in [0.4, 0.5) is 0 Å². The number of terminal acetylenes is 1. The Morgan fingerprint density at radius 2 is 2.41 bits per heavy atom. The zero-order valence-electron chi connectivity index (χ0n) is 11.3. The number of amides is 1. The molecule has 114 valence electrons. The summed E-state index contributed by atoms with van der Waals surface area (Å²) in [6.45, 7) is 0.252. The van der Waals surface area contributed by atoms with Crippen molar-refractivity contribution in [3.63, 3.8) is 0 Å². The summed E-state index contributed by atoms with van der Waals surface area (Å²) in [5.41, 5.74) is 0.797. The first-order chi connectivity index (χ1) is 10.6. The van der Waals surface area contributed by atoms with Gasteiger partial charge in [0, 0.05) is 11.5 Å². The summed E-state index contributed by atoms with van der Waals surface area (Å²) in [6.07, 6.45) is 5.64. The molecule has 3 heterocycles. The highest BCUT2D eigenvalue weighted by molar-refractivity contribution is 8.00. The Balaban J connectivity index is 1.79. The van der Waals surface area contributed by atoms with Crippen molar-refractivity contribution >= 4 is 35.4 Å². The van der Waals surface area contributed by atoms with Crippen LogP contribution in [-0.2, 0) is 16.1 Å². The van der Waals surface area contributed by atoms with Crippen LogP contribution in [0.25, 0.3) is 0 Å². The number of tetrazole rings is 1. The summed E-state index contributed by atoms with van der Waals surface area (Å²) in [7, 11) is 0. The number of carboxylic acids is 1. The van der Waals surface area contributed by atoms with E-state index in [1.165, 1.54) is 21.3 Å². The molecule has 1 fully saturated rings. The van der Waals surface area contributed by atoms with Crippen LogP contribution >= 0.6 is 23.5 Å². The fourth-order valence-electron chi connectivity index (χ4n) is 2.23. The van der Waals surface area contributed by atoms with Crippen molar-refractivity contribution < 1.29 is 14.7 Å². The van der Waals surface area contributed by atoms with E-state index < -0.39 is 5.97 Å². The first-order valence-corrected chi connectivity index (χ1v) is 8.36. The standard InChI is InChI=1S/C12H11N5O3S2/c1-2-3-16-12(13-14-15-16)22-6-7-5-21-9-4-8(18)17(9)10(7)11(19)20/h1,9H,3-6H2,(H,19,20)/t9-/m1/s1. The predicted octanol–water partition coefficient (Wildman–Crippen LogP) is 0.0423. The topological polar surface area (TPSA) is 101 Å². The Morgan fingerprint density at radius 1 is 1.59 bits per heavy atom. The number of carbonyl (C=O) groups excluding carboxylic acids is 1. The molecule has 3 rings (SSSR count). The van der Waals surface area contributed by atoms with Crippen LogP contribution in [0.1, 0.15) is 6.42 Å². The number of aromatic nitrogens is 4. The number of fused-ring (bicyclic) bond motifs is 1. The van der Waals surface area contributed by atoms with Crippen molar-refractivity contribution in [2.24, 2.45) is 0 Å². The van der Waals surface area contributed by atoms with Gasteiger partial charge in [0.05, 0.1) is 11.8 Å². The molecule has 0 aliphatic carbocycles. The molecule has 10 heteroatoms. The van der Waals surface area contributed by atoms with Gasteiger partial charge in [-0.05, 0) is 16.0 Å². The minimum Gasteiger partial charge on any atom is -0.477 e. The summed E-state index contributed by atoms with van der Waals surface area (Å²) in [4.78, 5) is 24.5. The molecular formula is C12H11N5O3S2. The van der Waals surface area contributed by atoms with Gasteiger partial charge in [0.15, 0.2) is 0 Å². The molecule has 1 atom stereocenters. The number of β-lactam (4-membered cyclic amide) rings is 1. The van der Waals surface area contributed by atoms with Gasteiger partial charge in [0.25, 0.3) is 0 Å². The smallest absolute Gasteiger partial charge is 0.352 e. The normalized spacial score (nSPS) is 20.4. The molecule has 0 saturated carbocycles. The third kappa shape index (κ3) is 2.57. The summed E-state index contributed by atoms with van der Waals surface area (Å²) >= 11 is 2.89. The first-order valence-electron chi connectivity index (χ1n) is 6.33. The molecule has 1 aromatic heterocycles. The number of thioether (sulfide) groups is 2. The third-order valence-corrected chi connectivity index (χ3v) is 5.57. The average molecular weight is 337 g/mol. The first kappa shape index (κ1) is 14.9. The van der Waals surface area contributed by atoms with E-state index in [9.17, 15) is 14.7 Å². The highest BCUT2D eigenvalue weighted by Gasteiger charge is 2.45. The van der Waals surface area contributed by atoms with Crippen molar-refractivity contribution in [1.29, 1.82) is 0 Å². The second-order valence-electron chi connectivity index (χ2n) is 4.60. The lowest BCUT2D eigenvalue weighted by Crippen LogP contribution is -2.54. The van der Waals surface area contributed by atoms with Crippen molar-refractivity contribution in [3.05, 3.63) is 11.3 Å². The van der Waals surface area contributed by atoms with Crippen LogP contribution in [-0.4, -0.2) is 59.0 Å². The van der Waals surface area contributed by atoms with E-state index in [1.54, 1.807) is 11.8 Å². The maximum atomic E-state index is 11.6. The largest absolute Gasteiger partial charge is 0.477 e. The summed E-state index contributed by atoms with van der Waals surface area (Å²) in [5.74, 6) is 2.21. The molecular weight excluding hydrogens is 326 g/mol. The van der Waals surface area contributed by atoms with Gasteiger partial charge in [-0.25, -0.2) is 9.48 Å². The molecule has 2 aliphatic rings. The maximum Gasteiger partial charge on any atom is 0.352 e. The van der Waals surface area contributed by atoms with Gasteiger partial charge in [-0.2, -0.15) is 0 Å². The van der Waals surface area contributed by atoms with Gasteiger partial charge < -0.3 is 5.11 Å². The Labute approximate surface area is 134 Å². The van der Waals surface area contributed by atoms with Crippen molar-refractivity contribution in [2.45, 2.75) is 23.5 Å². The second kappa shape index (κ2) is 6.02. The fraction of sp³-hybridized carbons (Fsp3) is 0.417. The summed E-state index contributed by atoms with van der Waals surface area (Å²) in [5, 5.41) is 21.1. The van der Waals surface area contributed by atoms with Crippen LogP contribution in [0, 0.1) is 12.3 Å². The van der Waals surface area contributed by atoms with Crippen LogP contribution in [0.3, 0.4) is 0 Å². The lowest BCUT2D eigenvalue weighted by molar-refractivity contribution is -0.146. The maximum absolute atomic E-state index is 11.6. The lowest BCUT2D eigenvalue weighted by atomic mass is 10.1. The third-order valence-electron chi connectivity index (χ3n) is 3.25. The van der Waals surface area contributed by atoms with Crippen LogP contribution in [0.15, 0.2) is 16.4 Å². The Bertz CT molecular complexity index is 708. The quantitative estimate of drug-likeness (QED) is 0.457. The monoisotopic (exact) mass is 337 g/mol. The van der Waals surface area contributed by atoms with E-state index in [-0.39, 0.29) is 23.5 Å². The Morgan fingerprint density at radius 3 is 3.09 bits per heavy atom. The number of aliphatic carboxylic acids is 1. The van der Waals surface area contributed by atoms with Crippen molar-refractivity contribution in [2.75, 3.05) is 11.5 Å². The number of rotatable bonds is 5. The number of carbonyl (C=O) groups is 2. The summed E-state index contributed by atoms with van der Waals surface area (Å²) < 4.78 is 1.47. The van der Waals surface area contributed by atoms with Gasteiger partial charge in [0.2, 0.25) is 11.1 Å². The molecule has 0 unspecified atom stereocenters. The van der Waals surface area contributed by atoms with Gasteiger partial charge in [-0.1, -0.05) is 17.7 Å². The lowest BCUT2D eigenvalue weighted by Gasteiger charge is -2.43. The van der Waals surface area contributed by atoms with Gasteiger partial charge in [0.1, 0.15) is 12.2 Å². The molecule has 8 nitrogen and oxygen atoms in total. The molecule has 1 aromatic rings. The SMILES string of the molecule is C#CCn1nnnc1SCC1=C(C(=O)O)N2C(=O)C[C@H]2SC1. The van der Waals surface area contributed by atoms with Crippen LogP contribution in [0.5, 0.6) is 0 Å².